The average Bonchev–Trinajstić information content (AvgIpc) is 2.61. The van der Waals surface area contributed by atoms with E-state index in [0.717, 1.165) is 18.5 Å². The monoisotopic (exact) mass is 423 g/mol. The van der Waals surface area contributed by atoms with Crippen LogP contribution in [0, 0.1) is 11.6 Å². The van der Waals surface area contributed by atoms with E-state index in [4.69, 9.17) is 11.6 Å². The summed E-state index contributed by atoms with van der Waals surface area (Å²) >= 11 is 5.97. The third-order valence-corrected chi connectivity index (χ3v) is 4.62. The second-order valence-electron chi connectivity index (χ2n) is 6.27. The molecule has 1 saturated heterocycles. The van der Waals surface area contributed by atoms with Gasteiger partial charge < -0.3 is 4.90 Å². The number of hydrogen-bond acceptors (Lipinski definition) is 5. The molecule has 3 heterocycles. The fourth-order valence-corrected chi connectivity index (χ4v) is 3.14. The summed E-state index contributed by atoms with van der Waals surface area (Å²) in [4.78, 5) is 19.4. The number of alkyl halides is 3. The standard InChI is InChI=1S/C16H15ClF5N5O/c17-14-13(7-24-27(15(14)28)9-16(20,21)22)26-3-1-25(2-4-26)8-12-11(19)5-10(18)6-23-12/h5-7H,1-4,8-9H2. The van der Waals surface area contributed by atoms with Crippen molar-refractivity contribution in [2.75, 3.05) is 31.1 Å². The molecule has 0 N–H and O–H groups in total. The molecule has 1 aliphatic rings. The first kappa shape index (κ1) is 20.5. The first-order chi connectivity index (χ1) is 13.1. The van der Waals surface area contributed by atoms with E-state index >= 15 is 0 Å². The van der Waals surface area contributed by atoms with Crippen LogP contribution in [-0.4, -0.2) is 52.0 Å². The smallest absolute Gasteiger partial charge is 0.366 e. The lowest BCUT2D eigenvalue weighted by Gasteiger charge is -2.36. The van der Waals surface area contributed by atoms with Crippen molar-refractivity contribution in [2.45, 2.75) is 19.3 Å². The van der Waals surface area contributed by atoms with E-state index in [1.54, 1.807) is 4.90 Å². The average molecular weight is 424 g/mol. The number of halogens is 6. The van der Waals surface area contributed by atoms with Gasteiger partial charge in [0.2, 0.25) is 0 Å². The van der Waals surface area contributed by atoms with Crippen LogP contribution in [0.4, 0.5) is 27.6 Å². The molecule has 2 aromatic rings. The fraction of sp³-hybridized carbons (Fsp3) is 0.438. The van der Waals surface area contributed by atoms with Gasteiger partial charge >= 0.3 is 6.18 Å². The van der Waals surface area contributed by atoms with Crippen LogP contribution in [-0.2, 0) is 13.1 Å². The van der Waals surface area contributed by atoms with E-state index in [2.05, 4.69) is 10.1 Å². The molecule has 0 aliphatic carbocycles. The van der Waals surface area contributed by atoms with Crippen molar-refractivity contribution in [1.29, 1.82) is 0 Å². The minimum atomic E-state index is -4.59. The Morgan fingerprint density at radius 3 is 2.39 bits per heavy atom. The zero-order chi connectivity index (χ0) is 20.5. The summed E-state index contributed by atoms with van der Waals surface area (Å²) < 4.78 is 64.3. The Bertz CT molecular complexity index is 911. The molecule has 0 bridgehead atoms. The predicted molar refractivity (Wildman–Crippen MR) is 91.2 cm³/mol. The lowest BCUT2D eigenvalue weighted by atomic mass is 10.2. The summed E-state index contributed by atoms with van der Waals surface area (Å²) in [5, 5.41) is 3.22. The van der Waals surface area contributed by atoms with Gasteiger partial charge in [0.15, 0.2) is 0 Å². The maximum atomic E-state index is 13.7. The summed E-state index contributed by atoms with van der Waals surface area (Å²) in [5.74, 6) is -1.49. The first-order valence-electron chi connectivity index (χ1n) is 8.23. The van der Waals surface area contributed by atoms with Crippen LogP contribution in [0.5, 0.6) is 0 Å². The zero-order valence-corrected chi connectivity index (χ0v) is 15.1. The van der Waals surface area contributed by atoms with Crippen molar-refractivity contribution < 1.29 is 22.0 Å². The normalized spacial score (nSPS) is 15.9. The topological polar surface area (TPSA) is 54.3 Å². The van der Waals surface area contributed by atoms with Gasteiger partial charge in [0.25, 0.3) is 5.56 Å². The molecule has 0 saturated carbocycles. The van der Waals surface area contributed by atoms with Crippen LogP contribution < -0.4 is 10.5 Å². The van der Waals surface area contributed by atoms with Crippen molar-refractivity contribution in [1.82, 2.24) is 19.7 Å². The minimum absolute atomic E-state index is 0.115. The Labute approximate surface area is 161 Å². The summed E-state index contributed by atoms with van der Waals surface area (Å²) in [6.45, 7) is 0.371. The molecular formula is C16H15ClF5N5O. The number of hydrogen-bond donors (Lipinski definition) is 0. The van der Waals surface area contributed by atoms with Gasteiger partial charge in [-0.1, -0.05) is 11.6 Å². The minimum Gasteiger partial charge on any atom is -0.366 e. The largest absolute Gasteiger partial charge is 0.408 e. The third kappa shape index (κ3) is 4.76. The van der Waals surface area contributed by atoms with Gasteiger partial charge in [-0.25, -0.2) is 13.5 Å². The molecule has 0 spiro atoms. The van der Waals surface area contributed by atoms with E-state index in [9.17, 15) is 26.7 Å². The molecule has 0 aromatic carbocycles. The van der Waals surface area contributed by atoms with Gasteiger partial charge in [-0.05, 0) is 0 Å². The van der Waals surface area contributed by atoms with Crippen LogP contribution in [0.1, 0.15) is 5.69 Å². The number of aromatic nitrogens is 3. The number of anilines is 1. The molecule has 2 aromatic heterocycles. The third-order valence-electron chi connectivity index (χ3n) is 4.27. The van der Waals surface area contributed by atoms with E-state index in [0.29, 0.717) is 26.2 Å². The molecule has 0 atom stereocenters. The molecule has 0 radical (unpaired) electrons. The molecule has 6 nitrogen and oxygen atoms in total. The first-order valence-corrected chi connectivity index (χ1v) is 8.61. The maximum absolute atomic E-state index is 13.7. The van der Waals surface area contributed by atoms with Gasteiger partial charge in [0.05, 0.1) is 23.8 Å². The molecule has 0 unspecified atom stereocenters. The highest BCUT2D eigenvalue weighted by molar-refractivity contribution is 6.33. The number of pyridine rings is 1. The van der Waals surface area contributed by atoms with Crippen LogP contribution in [0.25, 0.3) is 0 Å². The number of rotatable bonds is 4. The van der Waals surface area contributed by atoms with Gasteiger partial charge in [-0.3, -0.25) is 14.7 Å². The van der Waals surface area contributed by atoms with E-state index < -0.39 is 29.9 Å². The summed E-state index contributed by atoms with van der Waals surface area (Å²) in [5.41, 5.74) is -0.656. The van der Waals surface area contributed by atoms with E-state index in [1.165, 1.54) is 0 Å². The lowest BCUT2D eigenvalue weighted by molar-refractivity contribution is -0.143. The highest BCUT2D eigenvalue weighted by Crippen LogP contribution is 2.24. The van der Waals surface area contributed by atoms with E-state index in [1.807, 2.05) is 4.90 Å². The highest BCUT2D eigenvalue weighted by atomic mass is 35.5. The Morgan fingerprint density at radius 1 is 1.11 bits per heavy atom. The number of piperazine rings is 1. The molecule has 0 amide bonds. The Balaban J connectivity index is 1.66. The second kappa shape index (κ2) is 8.00. The summed E-state index contributed by atoms with van der Waals surface area (Å²) in [6, 6.07) is 0.764. The van der Waals surface area contributed by atoms with Gasteiger partial charge in [-0.2, -0.15) is 18.3 Å². The SMILES string of the molecule is O=c1c(Cl)c(N2CCN(Cc3ncc(F)cc3F)CC2)cnn1CC(F)(F)F. The van der Waals surface area contributed by atoms with Crippen LogP contribution in [0.15, 0.2) is 23.3 Å². The van der Waals surface area contributed by atoms with Gasteiger partial charge in [-0.15, -0.1) is 0 Å². The molecule has 1 aliphatic heterocycles. The Hall–Kier alpha value is -2.27. The van der Waals surface area contributed by atoms with Crippen molar-refractivity contribution in [3.05, 3.63) is 51.2 Å². The molecular weight excluding hydrogens is 409 g/mol. The zero-order valence-electron chi connectivity index (χ0n) is 14.4. The molecule has 12 heteroatoms. The molecule has 1 fully saturated rings. The van der Waals surface area contributed by atoms with Crippen molar-refractivity contribution in [3.8, 4) is 0 Å². The summed E-state index contributed by atoms with van der Waals surface area (Å²) in [6.07, 6.45) is -2.51. The second-order valence-corrected chi connectivity index (χ2v) is 6.64. The predicted octanol–water partition coefficient (Wildman–Crippen LogP) is 2.45. The van der Waals surface area contributed by atoms with Gasteiger partial charge in [0, 0.05) is 38.8 Å². The Morgan fingerprint density at radius 2 is 1.79 bits per heavy atom. The summed E-state index contributed by atoms with van der Waals surface area (Å²) in [7, 11) is 0. The van der Waals surface area contributed by atoms with Crippen LogP contribution in [0.3, 0.4) is 0 Å². The van der Waals surface area contributed by atoms with Crippen LogP contribution >= 0.6 is 11.6 Å². The van der Waals surface area contributed by atoms with Gasteiger partial charge in [0.1, 0.15) is 23.2 Å². The van der Waals surface area contributed by atoms with Crippen molar-refractivity contribution in [2.24, 2.45) is 0 Å². The molecule has 28 heavy (non-hydrogen) atoms. The quantitative estimate of drug-likeness (QED) is 0.707. The lowest BCUT2D eigenvalue weighted by Crippen LogP contribution is -2.47. The highest BCUT2D eigenvalue weighted by Gasteiger charge is 2.30. The van der Waals surface area contributed by atoms with Crippen molar-refractivity contribution >= 4 is 17.3 Å². The maximum Gasteiger partial charge on any atom is 0.408 e. The Kier molecular flexibility index (Phi) is 5.84. The molecule has 152 valence electrons. The van der Waals surface area contributed by atoms with Crippen molar-refractivity contribution in [3.63, 3.8) is 0 Å². The van der Waals surface area contributed by atoms with Crippen LogP contribution in [0.2, 0.25) is 5.02 Å². The molecule has 3 rings (SSSR count). The van der Waals surface area contributed by atoms with E-state index in [-0.39, 0.29) is 27.6 Å². The fourth-order valence-electron chi connectivity index (χ4n) is 2.88. The number of nitrogens with zero attached hydrogens (tertiary/aromatic N) is 5.